The van der Waals surface area contributed by atoms with Crippen molar-refractivity contribution in [1.29, 1.82) is 0 Å². The van der Waals surface area contributed by atoms with Gasteiger partial charge in [0.2, 0.25) is 0 Å². The molecule has 0 saturated carbocycles. The lowest BCUT2D eigenvalue weighted by molar-refractivity contribution is 0.541. The van der Waals surface area contributed by atoms with Crippen LogP contribution in [0.2, 0.25) is 0 Å². The quantitative estimate of drug-likeness (QED) is 0.595. The second kappa shape index (κ2) is 2.67. The van der Waals surface area contributed by atoms with Gasteiger partial charge in [-0.05, 0) is 30.9 Å². The largest absolute Gasteiger partial charge is 0.310 e. The molecule has 58 valence electrons. The van der Waals surface area contributed by atoms with E-state index in [0.29, 0.717) is 0 Å². The van der Waals surface area contributed by atoms with Gasteiger partial charge in [-0.2, -0.15) is 0 Å². The van der Waals surface area contributed by atoms with Crippen LogP contribution in [0.5, 0.6) is 0 Å². The van der Waals surface area contributed by atoms with Crippen LogP contribution in [-0.4, -0.2) is 6.54 Å². The maximum absolute atomic E-state index is 7.43. The van der Waals surface area contributed by atoms with E-state index in [4.69, 9.17) is 4.11 Å². The van der Waals surface area contributed by atoms with Gasteiger partial charge in [-0.1, -0.05) is 24.3 Å². The van der Waals surface area contributed by atoms with E-state index in [0.717, 1.165) is 24.1 Å². The van der Waals surface area contributed by atoms with Gasteiger partial charge in [0.15, 0.2) is 0 Å². The van der Waals surface area contributed by atoms with Crippen LogP contribution in [0.4, 0.5) is 0 Å². The summed E-state index contributed by atoms with van der Waals surface area (Å²) in [6, 6.07) is 7.27. The Kier molecular flexibility index (Phi) is 1.03. The summed E-state index contributed by atoms with van der Waals surface area (Å²) >= 11 is 0. The van der Waals surface area contributed by atoms with Crippen molar-refractivity contribution in [3.8, 4) is 0 Å². The number of hydrogen-bond donors (Lipinski definition) is 1. The van der Waals surface area contributed by atoms with Crippen LogP contribution < -0.4 is 5.32 Å². The minimum atomic E-state index is -1.95. The average Bonchev–Trinajstić information content (AvgIpc) is 2.15. The molecule has 0 fully saturated rings. The fraction of sp³-hybridized carbons (Fsp3) is 0.400. The smallest absolute Gasteiger partial charge is 0.0294 e. The van der Waals surface area contributed by atoms with E-state index < -0.39 is 12.9 Å². The molecular weight excluding hydrogens is 134 g/mol. The van der Waals surface area contributed by atoms with E-state index in [1.807, 2.05) is 24.3 Å². The van der Waals surface area contributed by atoms with Gasteiger partial charge >= 0.3 is 0 Å². The van der Waals surface area contributed by atoms with Gasteiger partial charge in [0.25, 0.3) is 0 Å². The molecule has 1 aromatic carbocycles. The number of rotatable bonds is 0. The lowest BCUT2D eigenvalue weighted by Gasteiger charge is -2.23. The van der Waals surface area contributed by atoms with Gasteiger partial charge < -0.3 is 5.32 Å². The summed E-state index contributed by atoms with van der Waals surface area (Å²) in [6.45, 7) is -1.20. The van der Waals surface area contributed by atoms with Crippen molar-refractivity contribution in [2.45, 2.75) is 19.3 Å². The maximum atomic E-state index is 7.43. The van der Waals surface area contributed by atoms with Crippen molar-refractivity contribution >= 4 is 0 Å². The molecule has 0 aliphatic carbocycles. The van der Waals surface area contributed by atoms with Gasteiger partial charge in [0, 0.05) is 10.2 Å². The van der Waals surface area contributed by atoms with Crippen LogP contribution in [0.3, 0.4) is 0 Å². The lowest BCUT2D eigenvalue weighted by Crippen LogP contribution is -2.27. The fourth-order valence-corrected chi connectivity index (χ4v) is 1.50. The molecule has 1 heteroatoms. The Hall–Kier alpha value is -0.820. The Morgan fingerprint density at radius 2 is 2.45 bits per heavy atom. The third-order valence-corrected chi connectivity index (χ3v) is 2.11. The van der Waals surface area contributed by atoms with E-state index in [-0.39, 0.29) is 0 Å². The highest BCUT2D eigenvalue weighted by Crippen LogP contribution is 2.21. The molecule has 0 spiro atoms. The van der Waals surface area contributed by atoms with Crippen LogP contribution in [0, 0.1) is 0 Å². The summed E-state index contributed by atoms with van der Waals surface area (Å²) in [5.74, 6) is 0. The Labute approximate surface area is 71.7 Å². The third-order valence-electron chi connectivity index (χ3n) is 2.11. The van der Waals surface area contributed by atoms with E-state index in [1.54, 1.807) is 0 Å². The molecule has 0 bridgehead atoms. The number of hydrogen-bond acceptors (Lipinski definition) is 1. The SMILES string of the molecule is [2H]C([2H])([2H])C1NCCc2ccccc21. The zero-order valence-electron chi connectivity index (χ0n) is 9.30. The first-order chi connectivity index (χ1) is 6.59. The molecule has 1 unspecified atom stereocenters. The number of benzene rings is 1. The minimum absolute atomic E-state index is 0.493. The predicted molar refractivity (Wildman–Crippen MR) is 46.6 cm³/mol. The van der Waals surface area contributed by atoms with Crippen LogP contribution in [0.1, 0.15) is 28.1 Å². The molecule has 2 rings (SSSR count). The first-order valence-corrected chi connectivity index (χ1v) is 3.90. The highest BCUT2D eigenvalue weighted by atomic mass is 14.9. The zero-order valence-corrected chi connectivity index (χ0v) is 6.30. The minimum Gasteiger partial charge on any atom is -0.310 e. The van der Waals surface area contributed by atoms with E-state index in [2.05, 4.69) is 5.32 Å². The Morgan fingerprint density at radius 3 is 3.36 bits per heavy atom. The molecule has 1 nitrogen and oxygen atoms in total. The van der Waals surface area contributed by atoms with Crippen molar-refractivity contribution in [3.05, 3.63) is 35.4 Å². The number of fused-ring (bicyclic) bond motifs is 1. The van der Waals surface area contributed by atoms with Crippen molar-refractivity contribution in [2.24, 2.45) is 0 Å². The van der Waals surface area contributed by atoms with E-state index in [1.165, 1.54) is 0 Å². The van der Waals surface area contributed by atoms with Gasteiger partial charge in [0.1, 0.15) is 0 Å². The van der Waals surface area contributed by atoms with E-state index in [9.17, 15) is 0 Å². The molecule has 0 amide bonds. The van der Waals surface area contributed by atoms with Crippen molar-refractivity contribution < 1.29 is 4.11 Å². The van der Waals surface area contributed by atoms with Crippen molar-refractivity contribution in [2.75, 3.05) is 6.54 Å². The molecule has 1 aromatic rings. The maximum Gasteiger partial charge on any atom is 0.0294 e. The highest BCUT2D eigenvalue weighted by molar-refractivity contribution is 5.31. The van der Waals surface area contributed by atoms with Crippen LogP contribution in [-0.2, 0) is 6.42 Å². The molecular formula is C10H13N. The van der Waals surface area contributed by atoms with Gasteiger partial charge in [-0.25, -0.2) is 0 Å². The standard InChI is InChI=1S/C10H13N/c1-8-10-5-3-2-4-9(10)6-7-11-8/h2-5,8,11H,6-7H2,1H3/i1D3. The summed E-state index contributed by atoms with van der Waals surface area (Å²) in [5, 5.41) is 3.05. The molecule has 0 radical (unpaired) electrons. The van der Waals surface area contributed by atoms with E-state index >= 15 is 0 Å². The normalized spacial score (nSPS) is 28.0. The summed E-state index contributed by atoms with van der Waals surface area (Å²) < 4.78 is 22.3. The van der Waals surface area contributed by atoms with Gasteiger partial charge in [0.05, 0.1) is 0 Å². The molecule has 1 N–H and O–H groups in total. The summed E-state index contributed by atoms with van der Waals surface area (Å²) in [5.41, 5.74) is 2.09. The highest BCUT2D eigenvalue weighted by Gasteiger charge is 2.13. The molecule has 1 atom stereocenters. The lowest BCUT2D eigenvalue weighted by atomic mass is 9.96. The molecule has 1 aliphatic rings. The van der Waals surface area contributed by atoms with Crippen LogP contribution in [0.25, 0.3) is 0 Å². The first kappa shape index (κ1) is 4.27. The number of nitrogens with one attached hydrogen (secondary N) is 1. The molecule has 11 heavy (non-hydrogen) atoms. The monoisotopic (exact) mass is 150 g/mol. The first-order valence-electron chi connectivity index (χ1n) is 5.40. The van der Waals surface area contributed by atoms with Gasteiger partial charge in [-0.15, -0.1) is 0 Å². The summed E-state index contributed by atoms with van der Waals surface area (Å²) in [6.07, 6.45) is 0.919. The fourth-order valence-electron chi connectivity index (χ4n) is 1.50. The molecule has 1 aliphatic heterocycles. The Bertz CT molecular complexity index is 332. The average molecular weight is 150 g/mol. The Morgan fingerprint density at radius 1 is 1.55 bits per heavy atom. The van der Waals surface area contributed by atoms with Crippen LogP contribution >= 0.6 is 0 Å². The second-order valence-corrected chi connectivity index (χ2v) is 2.84. The van der Waals surface area contributed by atoms with Crippen LogP contribution in [0.15, 0.2) is 24.3 Å². The van der Waals surface area contributed by atoms with Gasteiger partial charge in [-0.3, -0.25) is 0 Å². The third kappa shape index (κ3) is 1.16. The predicted octanol–water partition coefficient (Wildman–Crippen LogP) is 1.89. The molecule has 1 heterocycles. The molecule has 0 aromatic heterocycles. The Balaban J connectivity index is 2.41. The summed E-state index contributed by atoms with van der Waals surface area (Å²) in [4.78, 5) is 0. The topological polar surface area (TPSA) is 12.0 Å². The molecule has 0 saturated heterocycles. The second-order valence-electron chi connectivity index (χ2n) is 2.84. The zero-order chi connectivity index (χ0) is 10.2. The van der Waals surface area contributed by atoms with Crippen molar-refractivity contribution in [1.82, 2.24) is 5.32 Å². The van der Waals surface area contributed by atoms with Crippen molar-refractivity contribution in [3.63, 3.8) is 0 Å². The summed E-state index contributed by atoms with van der Waals surface area (Å²) in [7, 11) is 0.